The van der Waals surface area contributed by atoms with E-state index in [-0.39, 0.29) is 25.3 Å². The van der Waals surface area contributed by atoms with Crippen LogP contribution < -0.4 is 15.5 Å². The molecule has 0 bridgehead atoms. The summed E-state index contributed by atoms with van der Waals surface area (Å²) in [6.07, 6.45) is -0.682. The molecular weight excluding hydrogens is 330 g/mol. The maximum Gasteiger partial charge on any atom is 0.414 e. The van der Waals surface area contributed by atoms with Crippen molar-refractivity contribution in [3.8, 4) is 6.07 Å². The van der Waals surface area contributed by atoms with Crippen molar-refractivity contribution in [2.45, 2.75) is 18.7 Å². The summed E-state index contributed by atoms with van der Waals surface area (Å²) >= 11 is 0. The number of nitriles is 1. The van der Waals surface area contributed by atoms with Gasteiger partial charge in [-0.15, -0.1) is 0 Å². The quantitative estimate of drug-likeness (QED) is 0.846. The predicted octanol–water partition coefficient (Wildman–Crippen LogP) is 2.11. The number of rotatable bonds is 3. The highest BCUT2D eigenvalue weighted by Gasteiger charge is 2.32. The second-order valence-electron chi connectivity index (χ2n) is 6.00. The third-order valence-corrected chi connectivity index (χ3v) is 4.42. The largest absolute Gasteiger partial charge is 0.443 e. The normalized spacial score (nSPS) is 25.2. The zero-order valence-corrected chi connectivity index (χ0v) is 13.5. The molecule has 1 aromatic carbocycles. The van der Waals surface area contributed by atoms with Gasteiger partial charge in [0, 0.05) is 19.2 Å². The van der Waals surface area contributed by atoms with Crippen LogP contribution >= 0.6 is 0 Å². The first-order valence-corrected chi connectivity index (χ1v) is 7.98. The van der Waals surface area contributed by atoms with Crippen molar-refractivity contribution in [2.75, 3.05) is 36.0 Å². The van der Waals surface area contributed by atoms with Crippen molar-refractivity contribution in [3.05, 3.63) is 35.7 Å². The molecule has 6 nitrogen and oxygen atoms in total. The fourth-order valence-electron chi connectivity index (χ4n) is 3.06. The molecule has 2 N–H and O–H groups in total. The first kappa shape index (κ1) is 17.2. The van der Waals surface area contributed by atoms with Crippen molar-refractivity contribution >= 4 is 17.5 Å². The highest BCUT2D eigenvalue weighted by Crippen LogP contribution is 2.31. The fraction of sp³-hybridized carbons (Fsp3) is 0.412. The van der Waals surface area contributed by atoms with Crippen LogP contribution in [0.1, 0.15) is 6.42 Å². The topological polar surface area (TPSA) is 82.6 Å². The van der Waals surface area contributed by atoms with Gasteiger partial charge in [-0.05, 0) is 30.2 Å². The van der Waals surface area contributed by atoms with E-state index in [1.165, 1.54) is 23.1 Å². The Hall–Kier alpha value is -2.66. The van der Waals surface area contributed by atoms with E-state index >= 15 is 0 Å². The molecule has 2 aliphatic rings. The van der Waals surface area contributed by atoms with E-state index in [2.05, 4.69) is 0 Å². The number of hydrogen-bond donors (Lipinski definition) is 1. The maximum atomic E-state index is 14.5. The Labute approximate surface area is 144 Å². The van der Waals surface area contributed by atoms with Gasteiger partial charge >= 0.3 is 6.09 Å². The van der Waals surface area contributed by atoms with Crippen LogP contribution in [0, 0.1) is 17.1 Å². The second-order valence-corrected chi connectivity index (χ2v) is 6.00. The molecule has 132 valence electrons. The van der Waals surface area contributed by atoms with Gasteiger partial charge in [0.25, 0.3) is 0 Å². The average Bonchev–Trinajstić information content (AvgIpc) is 2.98. The van der Waals surface area contributed by atoms with E-state index in [1.54, 1.807) is 11.0 Å². The molecule has 0 saturated carbocycles. The maximum absolute atomic E-state index is 14.5. The SMILES string of the molecule is N#C/C=C1/CCN(c2ccc(N3CC(CN)OC3=O)cc2F)CC1F. The lowest BCUT2D eigenvalue weighted by atomic mass is 10.0. The molecule has 0 aromatic heterocycles. The zero-order chi connectivity index (χ0) is 18.0. The van der Waals surface area contributed by atoms with Gasteiger partial charge in [-0.3, -0.25) is 4.90 Å². The second kappa shape index (κ2) is 7.07. The number of hydrogen-bond acceptors (Lipinski definition) is 5. The lowest BCUT2D eigenvalue weighted by Gasteiger charge is -2.32. The lowest BCUT2D eigenvalue weighted by Crippen LogP contribution is -2.38. The molecule has 8 heteroatoms. The number of cyclic esters (lactones) is 1. The molecule has 3 rings (SSSR count). The van der Waals surface area contributed by atoms with Gasteiger partial charge in [0.1, 0.15) is 18.1 Å². The van der Waals surface area contributed by atoms with Crippen molar-refractivity contribution < 1.29 is 18.3 Å². The van der Waals surface area contributed by atoms with Crippen LogP contribution in [-0.4, -0.2) is 44.5 Å². The first-order valence-electron chi connectivity index (χ1n) is 7.98. The third-order valence-electron chi connectivity index (χ3n) is 4.42. The van der Waals surface area contributed by atoms with E-state index in [0.717, 1.165) is 0 Å². The number of ether oxygens (including phenoxy) is 1. The molecule has 2 unspecified atom stereocenters. The number of amides is 1. The molecule has 0 spiro atoms. The number of carbonyl (C=O) groups excluding carboxylic acids is 1. The molecular formula is C17H18F2N4O2. The summed E-state index contributed by atoms with van der Waals surface area (Å²) < 4.78 is 33.7. The number of anilines is 2. The van der Waals surface area contributed by atoms with Crippen LogP contribution in [0.4, 0.5) is 25.0 Å². The summed E-state index contributed by atoms with van der Waals surface area (Å²) in [6.45, 7) is 0.885. The molecule has 2 saturated heterocycles. The summed E-state index contributed by atoms with van der Waals surface area (Å²) in [6, 6.07) is 6.20. The molecule has 0 radical (unpaired) electrons. The summed E-state index contributed by atoms with van der Waals surface area (Å²) in [7, 11) is 0. The van der Waals surface area contributed by atoms with Crippen molar-refractivity contribution in [2.24, 2.45) is 5.73 Å². The Morgan fingerprint density at radius 1 is 1.44 bits per heavy atom. The number of carbonyl (C=O) groups is 1. The average molecular weight is 348 g/mol. The lowest BCUT2D eigenvalue weighted by molar-refractivity contribution is 0.145. The van der Waals surface area contributed by atoms with Gasteiger partial charge in [-0.25, -0.2) is 13.6 Å². The van der Waals surface area contributed by atoms with Crippen molar-refractivity contribution in [1.29, 1.82) is 5.26 Å². The van der Waals surface area contributed by atoms with Crippen LogP contribution in [0.5, 0.6) is 0 Å². The number of nitrogens with two attached hydrogens (primary N) is 1. The molecule has 0 aliphatic carbocycles. The van der Waals surface area contributed by atoms with Gasteiger partial charge < -0.3 is 15.4 Å². The summed E-state index contributed by atoms with van der Waals surface area (Å²) in [5.74, 6) is -0.540. The molecule has 1 aromatic rings. The van der Waals surface area contributed by atoms with Gasteiger partial charge in [0.15, 0.2) is 0 Å². The fourth-order valence-corrected chi connectivity index (χ4v) is 3.06. The minimum atomic E-state index is -1.30. The zero-order valence-electron chi connectivity index (χ0n) is 13.5. The van der Waals surface area contributed by atoms with E-state index in [9.17, 15) is 13.6 Å². The molecule has 25 heavy (non-hydrogen) atoms. The van der Waals surface area contributed by atoms with Crippen LogP contribution in [0.25, 0.3) is 0 Å². The minimum absolute atomic E-state index is 0.00914. The number of nitrogens with zero attached hydrogens (tertiary/aromatic N) is 3. The molecule has 2 heterocycles. The number of benzene rings is 1. The van der Waals surface area contributed by atoms with Gasteiger partial charge in [0.05, 0.1) is 30.5 Å². The van der Waals surface area contributed by atoms with Crippen LogP contribution in [-0.2, 0) is 4.74 Å². The van der Waals surface area contributed by atoms with E-state index in [0.29, 0.717) is 24.2 Å². The molecule has 2 atom stereocenters. The van der Waals surface area contributed by atoms with Gasteiger partial charge in [-0.1, -0.05) is 0 Å². The highest BCUT2D eigenvalue weighted by atomic mass is 19.1. The third kappa shape index (κ3) is 3.42. The van der Waals surface area contributed by atoms with Crippen molar-refractivity contribution in [3.63, 3.8) is 0 Å². The molecule has 2 aliphatic heterocycles. The number of allylic oxidation sites excluding steroid dienone is 1. The standard InChI is InChI=1S/C17H18F2N4O2/c18-14-7-12(23-9-13(8-21)25-17(23)24)1-2-16(14)22-6-4-11(3-5-20)15(19)10-22/h1-3,7,13,15H,4,6,8-10,21H2/b11-3-. The Kier molecular flexibility index (Phi) is 4.86. The Morgan fingerprint density at radius 3 is 2.84 bits per heavy atom. The van der Waals surface area contributed by atoms with Crippen LogP contribution in [0.3, 0.4) is 0 Å². The monoisotopic (exact) mass is 348 g/mol. The van der Waals surface area contributed by atoms with E-state index < -0.39 is 24.2 Å². The Balaban J connectivity index is 1.76. The van der Waals surface area contributed by atoms with Gasteiger partial charge in [0.2, 0.25) is 0 Å². The Morgan fingerprint density at radius 2 is 2.24 bits per heavy atom. The number of alkyl halides is 1. The number of piperidine rings is 1. The van der Waals surface area contributed by atoms with Crippen molar-refractivity contribution in [1.82, 2.24) is 0 Å². The summed E-state index contributed by atoms with van der Waals surface area (Å²) in [5, 5.41) is 8.64. The predicted molar refractivity (Wildman–Crippen MR) is 88.5 cm³/mol. The summed E-state index contributed by atoms with van der Waals surface area (Å²) in [5.41, 5.74) is 6.57. The first-order chi connectivity index (χ1) is 12.0. The number of halogens is 2. The van der Waals surface area contributed by atoms with Crippen LogP contribution in [0.15, 0.2) is 29.8 Å². The van der Waals surface area contributed by atoms with E-state index in [1.807, 2.05) is 6.07 Å². The van der Waals surface area contributed by atoms with Crippen LogP contribution in [0.2, 0.25) is 0 Å². The highest BCUT2D eigenvalue weighted by molar-refractivity contribution is 5.90. The summed E-state index contributed by atoms with van der Waals surface area (Å²) in [4.78, 5) is 14.7. The smallest absolute Gasteiger partial charge is 0.414 e. The Bertz CT molecular complexity index is 747. The van der Waals surface area contributed by atoms with Gasteiger partial charge in [-0.2, -0.15) is 5.26 Å². The molecule has 2 fully saturated rings. The molecule has 1 amide bonds. The van der Waals surface area contributed by atoms with E-state index in [4.69, 9.17) is 15.7 Å². The minimum Gasteiger partial charge on any atom is -0.443 e.